The molecular weight excluding hydrogens is 311 g/mol. The average Bonchev–Trinajstić information content (AvgIpc) is 2.69. The van der Waals surface area contributed by atoms with E-state index in [1.165, 1.54) is 27.5 Å². The molecule has 0 amide bonds. The summed E-state index contributed by atoms with van der Waals surface area (Å²) in [5.74, 6) is 0. The standard InChI is InChI=1S/C16H13.2ClH.Ti/c1-12-9-14-7-8-15(11-16(14)10-12)13-5-3-2-4-6-13;;;/h2-11H,1H3;2*1H;/q-1;;;+3/p-2. The summed E-state index contributed by atoms with van der Waals surface area (Å²) in [6.07, 6.45) is 0. The van der Waals surface area contributed by atoms with Crippen LogP contribution in [-0.2, 0) is 21.7 Å². The second-order valence-electron chi connectivity index (χ2n) is 4.24. The Kier molecular flexibility index (Phi) is 7.55. The first-order chi connectivity index (χ1) is 7.83. The largest absolute Gasteiger partial charge is 3.00 e. The van der Waals surface area contributed by atoms with Gasteiger partial charge >= 0.3 is 21.7 Å². The SMILES string of the molecule is Cc1cc2cc(-c3ccccc3)ccc2[cH-]1.[Cl-].[Cl-].[Ti+3]. The molecule has 3 heteroatoms. The van der Waals surface area contributed by atoms with Gasteiger partial charge in [-0.25, -0.2) is 0 Å². The first kappa shape index (κ1) is 18.3. The van der Waals surface area contributed by atoms with Crippen LogP contribution in [0, 0.1) is 6.92 Å². The molecule has 0 atom stereocenters. The number of rotatable bonds is 1. The van der Waals surface area contributed by atoms with E-state index in [1.54, 1.807) is 0 Å². The monoisotopic (exact) mass is 323 g/mol. The zero-order valence-electron chi connectivity index (χ0n) is 10.5. The Balaban J connectivity index is 0.00000108. The molecule has 0 saturated heterocycles. The first-order valence-electron chi connectivity index (χ1n) is 5.55. The van der Waals surface area contributed by atoms with Gasteiger partial charge in [-0.1, -0.05) is 49.4 Å². The van der Waals surface area contributed by atoms with Crippen molar-refractivity contribution in [2.45, 2.75) is 6.92 Å². The predicted octanol–water partition coefficient (Wildman–Crippen LogP) is -1.46. The molecule has 1 radical (unpaired) electrons. The molecule has 0 aliphatic rings. The third kappa shape index (κ3) is 3.90. The normalized spacial score (nSPS) is 9.11. The number of halogens is 2. The third-order valence-corrected chi connectivity index (χ3v) is 2.96. The third-order valence-electron chi connectivity index (χ3n) is 2.96. The molecule has 0 fully saturated rings. The molecule has 0 aromatic heterocycles. The average molecular weight is 324 g/mol. The maximum atomic E-state index is 2.26. The van der Waals surface area contributed by atoms with E-state index < -0.39 is 0 Å². The zero-order chi connectivity index (χ0) is 11.0. The molecule has 95 valence electrons. The van der Waals surface area contributed by atoms with Crippen molar-refractivity contribution in [1.29, 1.82) is 0 Å². The fourth-order valence-corrected chi connectivity index (χ4v) is 2.17. The quantitative estimate of drug-likeness (QED) is 0.379. The van der Waals surface area contributed by atoms with Crippen LogP contribution >= 0.6 is 0 Å². The molecule has 0 aliphatic heterocycles. The van der Waals surface area contributed by atoms with Crippen LogP contribution in [0.25, 0.3) is 21.9 Å². The van der Waals surface area contributed by atoms with Crippen molar-refractivity contribution >= 4 is 10.8 Å². The predicted molar refractivity (Wildman–Crippen MR) is 69.7 cm³/mol. The Morgan fingerprint density at radius 3 is 2.16 bits per heavy atom. The van der Waals surface area contributed by atoms with E-state index in [0.29, 0.717) is 0 Å². The van der Waals surface area contributed by atoms with Crippen LogP contribution in [0.2, 0.25) is 0 Å². The number of aryl methyl sites for hydroxylation is 1. The molecule has 3 rings (SSSR count). The van der Waals surface area contributed by atoms with Crippen molar-refractivity contribution in [2.75, 3.05) is 0 Å². The summed E-state index contributed by atoms with van der Waals surface area (Å²) in [6.45, 7) is 2.14. The van der Waals surface area contributed by atoms with Gasteiger partial charge in [0.05, 0.1) is 0 Å². The van der Waals surface area contributed by atoms with Gasteiger partial charge < -0.3 is 24.8 Å². The van der Waals surface area contributed by atoms with Gasteiger partial charge in [0.2, 0.25) is 0 Å². The van der Waals surface area contributed by atoms with E-state index in [1.807, 2.05) is 0 Å². The molecule has 3 aromatic rings. The van der Waals surface area contributed by atoms with Crippen molar-refractivity contribution < 1.29 is 46.5 Å². The Morgan fingerprint density at radius 1 is 0.789 bits per heavy atom. The van der Waals surface area contributed by atoms with Crippen molar-refractivity contribution in [1.82, 2.24) is 0 Å². The van der Waals surface area contributed by atoms with Crippen LogP contribution in [0.3, 0.4) is 0 Å². The molecule has 19 heavy (non-hydrogen) atoms. The van der Waals surface area contributed by atoms with Gasteiger partial charge in [0.1, 0.15) is 0 Å². The van der Waals surface area contributed by atoms with Gasteiger partial charge in [0.25, 0.3) is 0 Å². The van der Waals surface area contributed by atoms with Gasteiger partial charge in [0, 0.05) is 0 Å². The van der Waals surface area contributed by atoms with E-state index in [4.69, 9.17) is 0 Å². The zero-order valence-corrected chi connectivity index (χ0v) is 13.6. The Bertz CT molecular complexity index is 630. The fourth-order valence-electron chi connectivity index (χ4n) is 2.17. The summed E-state index contributed by atoms with van der Waals surface area (Å²) in [5.41, 5.74) is 3.90. The number of hydrogen-bond donors (Lipinski definition) is 0. The summed E-state index contributed by atoms with van der Waals surface area (Å²) < 4.78 is 0. The second-order valence-corrected chi connectivity index (χ2v) is 4.24. The molecule has 0 nitrogen and oxygen atoms in total. The minimum absolute atomic E-state index is 0. The van der Waals surface area contributed by atoms with Gasteiger partial charge in [-0.15, -0.1) is 28.5 Å². The topological polar surface area (TPSA) is 0 Å². The summed E-state index contributed by atoms with van der Waals surface area (Å²) in [5, 5.41) is 2.66. The molecule has 3 aromatic carbocycles. The Labute approximate surface area is 141 Å². The van der Waals surface area contributed by atoms with E-state index in [-0.39, 0.29) is 46.5 Å². The summed E-state index contributed by atoms with van der Waals surface area (Å²) >= 11 is 0. The summed E-state index contributed by atoms with van der Waals surface area (Å²) in [6, 6.07) is 21.6. The van der Waals surface area contributed by atoms with Crippen molar-refractivity contribution in [3.8, 4) is 11.1 Å². The molecule has 0 unspecified atom stereocenters. The van der Waals surface area contributed by atoms with Crippen molar-refractivity contribution in [3.05, 3.63) is 66.2 Å². The number of benzene rings is 2. The van der Waals surface area contributed by atoms with E-state index >= 15 is 0 Å². The van der Waals surface area contributed by atoms with Gasteiger partial charge in [0.15, 0.2) is 0 Å². The van der Waals surface area contributed by atoms with Gasteiger partial charge in [-0.2, -0.15) is 6.07 Å². The Hall–Kier alpha value is -0.656. The first-order valence-corrected chi connectivity index (χ1v) is 5.55. The molecule has 0 bridgehead atoms. The molecule has 0 saturated carbocycles. The van der Waals surface area contributed by atoms with Crippen LogP contribution in [0.4, 0.5) is 0 Å². The summed E-state index contributed by atoms with van der Waals surface area (Å²) in [4.78, 5) is 0. The molecule has 0 N–H and O–H groups in total. The molecule has 0 heterocycles. The smallest absolute Gasteiger partial charge is 1.00 e. The van der Waals surface area contributed by atoms with Crippen LogP contribution in [0.5, 0.6) is 0 Å². The Morgan fingerprint density at radius 2 is 1.47 bits per heavy atom. The molecule has 0 aliphatic carbocycles. The number of fused-ring (bicyclic) bond motifs is 1. The maximum absolute atomic E-state index is 2.26. The molecule has 0 spiro atoms. The van der Waals surface area contributed by atoms with Gasteiger partial charge in [-0.3, -0.25) is 0 Å². The summed E-state index contributed by atoms with van der Waals surface area (Å²) in [7, 11) is 0. The van der Waals surface area contributed by atoms with Gasteiger partial charge in [-0.05, 0) is 11.1 Å². The van der Waals surface area contributed by atoms with Crippen LogP contribution < -0.4 is 24.8 Å². The minimum atomic E-state index is 0. The molecular formula is C16H13Cl2Ti. The van der Waals surface area contributed by atoms with E-state index in [9.17, 15) is 0 Å². The van der Waals surface area contributed by atoms with Crippen LogP contribution in [0.15, 0.2) is 60.7 Å². The van der Waals surface area contributed by atoms with Crippen molar-refractivity contribution in [2.24, 2.45) is 0 Å². The van der Waals surface area contributed by atoms with Crippen LogP contribution in [0.1, 0.15) is 5.56 Å². The van der Waals surface area contributed by atoms with E-state index in [2.05, 4.69) is 67.6 Å². The number of hydrogen-bond acceptors (Lipinski definition) is 0. The fraction of sp³-hybridized carbons (Fsp3) is 0.0625. The van der Waals surface area contributed by atoms with Crippen LogP contribution in [-0.4, -0.2) is 0 Å². The van der Waals surface area contributed by atoms with Crippen molar-refractivity contribution in [3.63, 3.8) is 0 Å². The maximum Gasteiger partial charge on any atom is 3.00 e. The van der Waals surface area contributed by atoms with E-state index in [0.717, 1.165) is 0 Å². The second kappa shape index (κ2) is 7.82. The minimum Gasteiger partial charge on any atom is -1.00 e.